The lowest BCUT2D eigenvalue weighted by Crippen LogP contribution is -2.28. The van der Waals surface area contributed by atoms with Gasteiger partial charge in [0.05, 0.1) is 6.04 Å². The maximum Gasteiger partial charge on any atom is 0.120 e. The number of nitrogens with two attached hydrogens (primary N) is 1. The molecule has 0 aliphatic heterocycles. The largest absolute Gasteiger partial charge is 0.508 e. The highest BCUT2D eigenvalue weighted by Gasteiger charge is 2.16. The Morgan fingerprint density at radius 3 is 2.47 bits per heavy atom. The van der Waals surface area contributed by atoms with Crippen LogP contribution in [0, 0.1) is 0 Å². The number of rotatable bonds is 3. The minimum Gasteiger partial charge on any atom is -0.508 e. The van der Waals surface area contributed by atoms with E-state index in [4.69, 9.17) is 5.84 Å². The highest BCUT2D eigenvalue weighted by Crippen LogP contribution is 2.31. The Bertz CT molecular complexity index is 502. The molecule has 4 N–H and O–H groups in total. The zero-order valence-corrected chi connectivity index (χ0v) is 10.7. The van der Waals surface area contributed by atoms with Crippen molar-refractivity contribution in [3.8, 4) is 5.75 Å². The first-order chi connectivity index (χ1) is 8.22. The lowest BCUT2D eigenvalue weighted by molar-refractivity contribution is 0.458. The Balaban J connectivity index is 2.46. The predicted molar refractivity (Wildman–Crippen MR) is 71.4 cm³/mol. The van der Waals surface area contributed by atoms with Gasteiger partial charge >= 0.3 is 0 Å². The van der Waals surface area contributed by atoms with E-state index in [-0.39, 0.29) is 11.8 Å². The molecule has 0 radical (unpaired) electrons. The molecule has 4 heteroatoms. The lowest BCUT2D eigenvalue weighted by atomic mass is 9.98. The third-order valence-electron chi connectivity index (χ3n) is 2.60. The van der Waals surface area contributed by atoms with Gasteiger partial charge in [0.15, 0.2) is 0 Å². The van der Waals surface area contributed by atoms with Crippen molar-refractivity contribution in [2.24, 2.45) is 5.84 Å². The van der Waals surface area contributed by atoms with Gasteiger partial charge in [0, 0.05) is 10.0 Å². The van der Waals surface area contributed by atoms with Crippen LogP contribution < -0.4 is 11.3 Å². The van der Waals surface area contributed by atoms with Crippen LogP contribution in [0.1, 0.15) is 17.2 Å². The van der Waals surface area contributed by atoms with Gasteiger partial charge in [-0.3, -0.25) is 5.84 Å². The van der Waals surface area contributed by atoms with Gasteiger partial charge in [0.25, 0.3) is 0 Å². The highest BCUT2D eigenvalue weighted by molar-refractivity contribution is 9.10. The van der Waals surface area contributed by atoms with Crippen LogP contribution in [0.3, 0.4) is 0 Å². The van der Waals surface area contributed by atoms with Crippen LogP contribution >= 0.6 is 15.9 Å². The quantitative estimate of drug-likeness (QED) is 0.602. The summed E-state index contributed by atoms with van der Waals surface area (Å²) < 4.78 is 0.904. The summed E-state index contributed by atoms with van der Waals surface area (Å²) in [6.07, 6.45) is 0. The molecule has 0 saturated carbocycles. The van der Waals surface area contributed by atoms with Crippen LogP contribution in [0.5, 0.6) is 5.75 Å². The Hall–Kier alpha value is -1.36. The van der Waals surface area contributed by atoms with E-state index in [1.807, 2.05) is 36.4 Å². The van der Waals surface area contributed by atoms with Gasteiger partial charge in [-0.1, -0.05) is 46.3 Å². The summed E-state index contributed by atoms with van der Waals surface area (Å²) in [7, 11) is 0. The van der Waals surface area contributed by atoms with Crippen molar-refractivity contribution in [2.45, 2.75) is 6.04 Å². The number of hydrogen-bond donors (Lipinski definition) is 3. The molecule has 3 nitrogen and oxygen atoms in total. The van der Waals surface area contributed by atoms with E-state index in [2.05, 4.69) is 21.4 Å². The molecule has 0 heterocycles. The SMILES string of the molecule is NNC(c1ccccc1)c1cc(Br)ccc1O. The predicted octanol–water partition coefficient (Wildman–Crippen LogP) is 2.71. The first-order valence-corrected chi connectivity index (χ1v) is 6.01. The van der Waals surface area contributed by atoms with Gasteiger partial charge in [-0.05, 0) is 23.8 Å². The maximum absolute atomic E-state index is 9.88. The average molecular weight is 293 g/mol. The monoisotopic (exact) mass is 292 g/mol. The maximum atomic E-state index is 9.88. The van der Waals surface area contributed by atoms with Crippen molar-refractivity contribution in [3.63, 3.8) is 0 Å². The topological polar surface area (TPSA) is 58.3 Å². The van der Waals surface area contributed by atoms with Crippen molar-refractivity contribution < 1.29 is 5.11 Å². The molecule has 88 valence electrons. The van der Waals surface area contributed by atoms with Crippen LogP contribution in [0.4, 0.5) is 0 Å². The van der Waals surface area contributed by atoms with Crippen molar-refractivity contribution in [1.29, 1.82) is 0 Å². The minimum atomic E-state index is -0.228. The molecular formula is C13H13BrN2O. The molecule has 17 heavy (non-hydrogen) atoms. The summed E-state index contributed by atoms with van der Waals surface area (Å²) >= 11 is 3.39. The molecule has 0 aliphatic carbocycles. The van der Waals surface area contributed by atoms with E-state index >= 15 is 0 Å². The third kappa shape index (κ3) is 2.66. The fourth-order valence-electron chi connectivity index (χ4n) is 1.77. The van der Waals surface area contributed by atoms with Crippen LogP contribution in [-0.4, -0.2) is 5.11 Å². The van der Waals surface area contributed by atoms with Crippen molar-refractivity contribution in [3.05, 3.63) is 64.1 Å². The number of phenols is 1. The van der Waals surface area contributed by atoms with E-state index < -0.39 is 0 Å². The van der Waals surface area contributed by atoms with Crippen LogP contribution in [0.25, 0.3) is 0 Å². The Labute approximate surface area is 108 Å². The van der Waals surface area contributed by atoms with Crippen LogP contribution in [0.2, 0.25) is 0 Å². The molecule has 2 aromatic carbocycles. The fourth-order valence-corrected chi connectivity index (χ4v) is 2.15. The molecule has 0 saturated heterocycles. The number of halogens is 1. The smallest absolute Gasteiger partial charge is 0.120 e. The van der Waals surface area contributed by atoms with Crippen LogP contribution in [-0.2, 0) is 0 Å². The number of phenolic OH excluding ortho intramolecular Hbond substituents is 1. The first-order valence-electron chi connectivity index (χ1n) is 5.22. The van der Waals surface area contributed by atoms with Gasteiger partial charge in [-0.25, -0.2) is 5.43 Å². The average Bonchev–Trinajstić information content (AvgIpc) is 2.36. The molecule has 0 spiro atoms. The summed E-state index contributed by atoms with van der Waals surface area (Å²) in [5, 5.41) is 9.88. The van der Waals surface area contributed by atoms with Gasteiger partial charge in [-0.15, -0.1) is 0 Å². The molecule has 0 bridgehead atoms. The van der Waals surface area contributed by atoms with Gasteiger partial charge in [0.1, 0.15) is 5.75 Å². The molecule has 2 rings (SSSR count). The minimum absolute atomic E-state index is 0.222. The van der Waals surface area contributed by atoms with E-state index in [0.717, 1.165) is 15.6 Å². The van der Waals surface area contributed by atoms with Crippen LogP contribution in [0.15, 0.2) is 53.0 Å². The number of hydrogen-bond acceptors (Lipinski definition) is 3. The Morgan fingerprint density at radius 2 is 1.82 bits per heavy atom. The number of hydrazine groups is 1. The zero-order valence-electron chi connectivity index (χ0n) is 9.10. The van der Waals surface area contributed by atoms with E-state index in [9.17, 15) is 5.11 Å². The Morgan fingerprint density at radius 1 is 1.12 bits per heavy atom. The standard InChI is InChI=1S/C13H13BrN2O/c14-10-6-7-12(17)11(8-10)13(16-15)9-4-2-1-3-5-9/h1-8,13,16-17H,15H2. The molecular weight excluding hydrogens is 280 g/mol. The van der Waals surface area contributed by atoms with E-state index in [1.165, 1.54) is 0 Å². The van der Waals surface area contributed by atoms with E-state index in [0.29, 0.717) is 0 Å². The second kappa shape index (κ2) is 5.31. The first kappa shape index (κ1) is 12.1. The van der Waals surface area contributed by atoms with Gasteiger partial charge in [-0.2, -0.15) is 0 Å². The second-order valence-corrected chi connectivity index (χ2v) is 4.63. The summed E-state index contributed by atoms with van der Waals surface area (Å²) in [4.78, 5) is 0. The van der Waals surface area contributed by atoms with Crippen molar-refractivity contribution in [1.82, 2.24) is 5.43 Å². The summed E-state index contributed by atoms with van der Waals surface area (Å²) in [6, 6.07) is 14.8. The molecule has 0 fully saturated rings. The molecule has 1 atom stereocenters. The lowest BCUT2D eigenvalue weighted by Gasteiger charge is -2.18. The molecule has 0 aromatic heterocycles. The van der Waals surface area contributed by atoms with E-state index in [1.54, 1.807) is 12.1 Å². The number of benzene rings is 2. The Kier molecular flexibility index (Phi) is 3.78. The fraction of sp³-hybridized carbons (Fsp3) is 0.0769. The normalized spacial score (nSPS) is 12.4. The van der Waals surface area contributed by atoms with Crippen molar-refractivity contribution in [2.75, 3.05) is 0 Å². The second-order valence-electron chi connectivity index (χ2n) is 3.71. The molecule has 2 aromatic rings. The zero-order chi connectivity index (χ0) is 12.3. The molecule has 1 unspecified atom stereocenters. The highest BCUT2D eigenvalue weighted by atomic mass is 79.9. The molecule has 0 aliphatic rings. The summed E-state index contributed by atoms with van der Waals surface area (Å²) in [5.74, 6) is 5.80. The molecule has 0 amide bonds. The number of nitrogens with one attached hydrogen (secondary N) is 1. The number of aromatic hydroxyl groups is 1. The van der Waals surface area contributed by atoms with Gasteiger partial charge < -0.3 is 5.11 Å². The third-order valence-corrected chi connectivity index (χ3v) is 3.09. The van der Waals surface area contributed by atoms with Crippen molar-refractivity contribution >= 4 is 15.9 Å². The summed E-state index contributed by atoms with van der Waals surface area (Å²) in [6.45, 7) is 0. The summed E-state index contributed by atoms with van der Waals surface area (Å²) in [5.41, 5.74) is 4.47. The van der Waals surface area contributed by atoms with Gasteiger partial charge in [0.2, 0.25) is 0 Å².